The minimum absolute atomic E-state index is 0.0520. The van der Waals surface area contributed by atoms with Crippen LogP contribution in [0, 0.1) is 0 Å². The quantitative estimate of drug-likeness (QED) is 0.669. The number of aromatic nitrogens is 6. The van der Waals surface area contributed by atoms with Gasteiger partial charge in [0.2, 0.25) is 0 Å². The van der Waals surface area contributed by atoms with Crippen molar-refractivity contribution in [2.45, 2.75) is 26.3 Å². The molecule has 3 aromatic heterocycles. The fourth-order valence-corrected chi connectivity index (χ4v) is 2.69. The molecule has 7 nitrogen and oxygen atoms in total. The van der Waals surface area contributed by atoms with Crippen LogP contribution in [-0.4, -0.2) is 29.5 Å². The Morgan fingerprint density at radius 3 is 2.75 bits per heavy atom. The van der Waals surface area contributed by atoms with E-state index in [0.717, 1.165) is 24.1 Å². The van der Waals surface area contributed by atoms with Gasteiger partial charge in [0.05, 0.1) is 24.6 Å². The van der Waals surface area contributed by atoms with Crippen molar-refractivity contribution in [3.05, 3.63) is 56.9 Å². The molecule has 124 valence electrons. The summed E-state index contributed by atoms with van der Waals surface area (Å²) < 4.78 is 4.00. The monoisotopic (exact) mass is 388 g/mol. The standard InChI is InChI=1S/C16H17BrN6O/c1-3-4-11-5-6-15(24)23(9-11)10-13-16(20-21-22(13)2)12-7-19-14(17)8-18-12/h5-9H,3-4,10H2,1-2H3. The van der Waals surface area contributed by atoms with Crippen LogP contribution < -0.4 is 5.56 Å². The zero-order valence-electron chi connectivity index (χ0n) is 13.5. The molecule has 3 heterocycles. The second-order valence-corrected chi connectivity index (χ2v) is 6.30. The summed E-state index contributed by atoms with van der Waals surface area (Å²) in [6.07, 6.45) is 7.12. The molecule has 0 aliphatic rings. The van der Waals surface area contributed by atoms with Crippen LogP contribution in [0.5, 0.6) is 0 Å². The minimum Gasteiger partial charge on any atom is -0.309 e. The molecule has 0 amide bonds. The van der Waals surface area contributed by atoms with Crippen LogP contribution in [-0.2, 0) is 20.0 Å². The Balaban J connectivity index is 1.99. The zero-order valence-corrected chi connectivity index (χ0v) is 15.1. The van der Waals surface area contributed by atoms with Crippen molar-refractivity contribution < 1.29 is 0 Å². The molecule has 0 spiro atoms. The molecule has 0 saturated carbocycles. The smallest absolute Gasteiger partial charge is 0.250 e. The van der Waals surface area contributed by atoms with Crippen molar-refractivity contribution in [1.29, 1.82) is 0 Å². The second kappa shape index (κ2) is 7.04. The van der Waals surface area contributed by atoms with Gasteiger partial charge in [0.15, 0.2) is 0 Å². The van der Waals surface area contributed by atoms with Gasteiger partial charge in [0.25, 0.3) is 5.56 Å². The summed E-state index contributed by atoms with van der Waals surface area (Å²) in [5, 5.41) is 8.25. The Morgan fingerprint density at radius 2 is 2.04 bits per heavy atom. The summed E-state index contributed by atoms with van der Waals surface area (Å²) >= 11 is 3.27. The molecule has 0 radical (unpaired) electrons. The van der Waals surface area contributed by atoms with Crippen molar-refractivity contribution in [3.63, 3.8) is 0 Å². The molecule has 0 atom stereocenters. The lowest BCUT2D eigenvalue weighted by Gasteiger charge is -2.09. The molecule has 8 heteroatoms. The highest BCUT2D eigenvalue weighted by Crippen LogP contribution is 2.19. The number of halogens is 1. The third-order valence-corrected chi connectivity index (χ3v) is 4.12. The van der Waals surface area contributed by atoms with E-state index in [1.807, 2.05) is 12.3 Å². The normalized spacial score (nSPS) is 11.0. The highest BCUT2D eigenvalue weighted by molar-refractivity contribution is 9.10. The molecule has 0 fully saturated rings. The molecule has 0 N–H and O–H groups in total. The van der Waals surface area contributed by atoms with Crippen LogP contribution in [0.3, 0.4) is 0 Å². The average Bonchev–Trinajstić information content (AvgIpc) is 2.93. The van der Waals surface area contributed by atoms with E-state index in [-0.39, 0.29) is 5.56 Å². The van der Waals surface area contributed by atoms with E-state index in [9.17, 15) is 4.79 Å². The number of nitrogens with zero attached hydrogens (tertiary/aromatic N) is 6. The van der Waals surface area contributed by atoms with Crippen molar-refractivity contribution in [3.8, 4) is 11.4 Å². The van der Waals surface area contributed by atoms with Gasteiger partial charge in [-0.3, -0.25) is 9.78 Å². The molecule has 0 bridgehead atoms. The van der Waals surface area contributed by atoms with E-state index in [2.05, 4.69) is 43.1 Å². The maximum atomic E-state index is 12.2. The van der Waals surface area contributed by atoms with E-state index in [1.165, 1.54) is 0 Å². The van der Waals surface area contributed by atoms with Gasteiger partial charge >= 0.3 is 0 Å². The Morgan fingerprint density at radius 1 is 1.21 bits per heavy atom. The van der Waals surface area contributed by atoms with Gasteiger partial charge in [-0.2, -0.15) is 0 Å². The van der Waals surface area contributed by atoms with Crippen LogP contribution in [0.2, 0.25) is 0 Å². The molecule has 3 rings (SSSR count). The fraction of sp³-hybridized carbons (Fsp3) is 0.312. The molecule has 0 saturated heterocycles. The first kappa shape index (κ1) is 16.5. The maximum absolute atomic E-state index is 12.2. The minimum atomic E-state index is -0.0520. The Bertz CT molecular complexity index is 900. The highest BCUT2D eigenvalue weighted by Gasteiger charge is 2.15. The van der Waals surface area contributed by atoms with Crippen molar-refractivity contribution in [1.82, 2.24) is 29.5 Å². The maximum Gasteiger partial charge on any atom is 0.250 e. The summed E-state index contributed by atoms with van der Waals surface area (Å²) in [5.74, 6) is 0. The van der Waals surface area contributed by atoms with Crippen molar-refractivity contribution in [2.75, 3.05) is 0 Å². The van der Waals surface area contributed by atoms with Crippen LogP contribution in [0.15, 0.2) is 40.1 Å². The van der Waals surface area contributed by atoms with Gasteiger partial charge in [-0.1, -0.05) is 24.6 Å². The first-order valence-electron chi connectivity index (χ1n) is 7.64. The summed E-state index contributed by atoms with van der Waals surface area (Å²) in [4.78, 5) is 20.7. The zero-order chi connectivity index (χ0) is 17.1. The molecule has 0 aliphatic carbocycles. The van der Waals surface area contributed by atoms with E-state index < -0.39 is 0 Å². The lowest BCUT2D eigenvalue weighted by Crippen LogP contribution is -2.21. The summed E-state index contributed by atoms with van der Waals surface area (Å²) in [7, 11) is 1.80. The summed E-state index contributed by atoms with van der Waals surface area (Å²) in [5.41, 5.74) is 3.15. The van der Waals surface area contributed by atoms with Gasteiger partial charge in [0.1, 0.15) is 16.0 Å². The molecule has 0 aliphatic heterocycles. The Labute approximate surface area is 147 Å². The lowest BCUT2D eigenvalue weighted by molar-refractivity contribution is 0.636. The Kier molecular flexibility index (Phi) is 4.84. The van der Waals surface area contributed by atoms with Crippen molar-refractivity contribution in [2.24, 2.45) is 7.05 Å². The largest absolute Gasteiger partial charge is 0.309 e. The summed E-state index contributed by atoms with van der Waals surface area (Å²) in [6.45, 7) is 2.50. The molecule has 0 unspecified atom stereocenters. The average molecular weight is 389 g/mol. The van der Waals surface area contributed by atoms with Gasteiger partial charge in [-0.15, -0.1) is 5.10 Å². The first-order chi connectivity index (χ1) is 11.6. The van der Waals surface area contributed by atoms with Crippen molar-refractivity contribution >= 4 is 15.9 Å². The molecular weight excluding hydrogens is 372 g/mol. The molecule has 24 heavy (non-hydrogen) atoms. The van der Waals surface area contributed by atoms with E-state index in [1.54, 1.807) is 34.8 Å². The highest BCUT2D eigenvalue weighted by atomic mass is 79.9. The molecule has 0 aromatic carbocycles. The summed E-state index contributed by atoms with van der Waals surface area (Å²) in [6, 6.07) is 3.48. The van der Waals surface area contributed by atoms with Gasteiger partial charge in [-0.05, 0) is 27.9 Å². The number of aryl methyl sites for hydroxylation is 2. The molecule has 3 aromatic rings. The van der Waals surface area contributed by atoms with Crippen LogP contribution in [0.1, 0.15) is 24.6 Å². The number of pyridine rings is 1. The molecular formula is C16H17BrN6O. The van der Waals surface area contributed by atoms with Gasteiger partial charge in [0, 0.05) is 19.3 Å². The van der Waals surface area contributed by atoms with Crippen LogP contribution >= 0.6 is 15.9 Å². The van der Waals surface area contributed by atoms with E-state index >= 15 is 0 Å². The third kappa shape index (κ3) is 3.43. The van der Waals surface area contributed by atoms with E-state index in [0.29, 0.717) is 22.5 Å². The number of hydrogen-bond acceptors (Lipinski definition) is 5. The predicted molar refractivity (Wildman–Crippen MR) is 93.5 cm³/mol. The fourth-order valence-electron chi connectivity index (χ4n) is 2.49. The second-order valence-electron chi connectivity index (χ2n) is 5.49. The van der Waals surface area contributed by atoms with E-state index in [4.69, 9.17) is 0 Å². The SMILES string of the molecule is CCCc1ccc(=O)n(Cc2c(-c3cnc(Br)cn3)nnn2C)c1. The van der Waals surface area contributed by atoms with Crippen LogP contribution in [0.4, 0.5) is 0 Å². The Hall–Kier alpha value is -2.35. The third-order valence-electron chi connectivity index (χ3n) is 3.71. The van der Waals surface area contributed by atoms with Crippen LogP contribution in [0.25, 0.3) is 11.4 Å². The lowest BCUT2D eigenvalue weighted by atomic mass is 10.1. The predicted octanol–water partition coefficient (Wildman–Crippen LogP) is 2.20. The van der Waals surface area contributed by atoms with Gasteiger partial charge in [-0.25, -0.2) is 9.67 Å². The van der Waals surface area contributed by atoms with Gasteiger partial charge < -0.3 is 4.57 Å². The number of rotatable bonds is 5. The topological polar surface area (TPSA) is 78.5 Å². The first-order valence-corrected chi connectivity index (χ1v) is 8.43. The number of hydrogen-bond donors (Lipinski definition) is 0.